The van der Waals surface area contributed by atoms with Gasteiger partial charge in [0.1, 0.15) is 5.76 Å². The molecule has 8 aromatic rings. The van der Waals surface area contributed by atoms with E-state index in [4.69, 9.17) is 4.99 Å². The summed E-state index contributed by atoms with van der Waals surface area (Å²) < 4.78 is 0. The molecule has 0 fully saturated rings. The van der Waals surface area contributed by atoms with Crippen LogP contribution in [0, 0.1) is 20.2 Å². The number of carbonyl (C=O) groups is 1. The Bertz CT molecular complexity index is 3690. The van der Waals surface area contributed by atoms with Crippen molar-refractivity contribution in [3.8, 4) is 22.3 Å². The number of rotatable bonds is 3. The van der Waals surface area contributed by atoms with Gasteiger partial charge in [-0.1, -0.05) is 97.1 Å². The zero-order valence-corrected chi connectivity index (χ0v) is 32.2. The normalized spacial score (nSPS) is 20.1. The lowest BCUT2D eigenvalue weighted by atomic mass is 9.79. The number of Topliss-reactive ketones (excluding diaryl/α,β-unsaturated/α-hetero) is 1. The number of nitro groups is 2. The first-order valence-electron chi connectivity index (χ1n) is 20.0. The van der Waals surface area contributed by atoms with Gasteiger partial charge in [-0.2, -0.15) is 0 Å². The lowest BCUT2D eigenvalue weighted by Crippen LogP contribution is -2.45. The Morgan fingerprint density at radius 3 is 1.82 bits per heavy atom. The maximum atomic E-state index is 14.9. The average Bonchev–Trinajstić information content (AvgIpc) is 3.70. The fourth-order valence-corrected chi connectivity index (χ4v) is 10.6. The van der Waals surface area contributed by atoms with E-state index in [1.165, 1.54) is 12.1 Å². The van der Waals surface area contributed by atoms with E-state index < -0.39 is 21.2 Å². The highest BCUT2D eigenvalue weighted by molar-refractivity contribution is 6.52. The first-order valence-corrected chi connectivity index (χ1v) is 20.0. The number of benzene rings is 8. The third-order valence-corrected chi connectivity index (χ3v) is 13.2. The van der Waals surface area contributed by atoms with Gasteiger partial charge in [0.2, 0.25) is 5.78 Å². The fourth-order valence-electron chi connectivity index (χ4n) is 10.6. The number of carbonyl (C=O) groups excluding carboxylic acids is 1. The minimum atomic E-state index is -1.28. The van der Waals surface area contributed by atoms with Crippen LogP contribution in [0.5, 0.6) is 0 Å². The van der Waals surface area contributed by atoms with E-state index >= 15 is 0 Å². The van der Waals surface area contributed by atoms with Gasteiger partial charge in [0.15, 0.2) is 11.3 Å². The van der Waals surface area contributed by atoms with Gasteiger partial charge in [0.05, 0.1) is 32.0 Å². The minimum Gasteiger partial charge on any atom is -0.506 e. The zero-order chi connectivity index (χ0) is 41.8. The lowest BCUT2D eigenvalue weighted by molar-refractivity contribution is -0.385. The second-order valence-corrected chi connectivity index (χ2v) is 16.2. The standard InChI is InChI=1S/C50H28N6O6/c57-47-43(33-19-15-25-7-5-13-39-41(25)45(33)53-49(51-39)35-11-3-1-9-29(35)31-21-17-27(55(59)60)23-37(31)49)48(58)44(47)34-20-16-26-8-6-14-40-42(26)46(34)54-50(52-40)36-12-4-2-10-30(36)32-22-18-28(56(61)62)24-38(32)50/h1-24,51-53,57H/b44-34-. The molecule has 0 radical (unpaired) electrons. The molecule has 62 heavy (non-hydrogen) atoms. The zero-order valence-electron chi connectivity index (χ0n) is 32.2. The van der Waals surface area contributed by atoms with Crippen LogP contribution in [0.2, 0.25) is 0 Å². The Labute approximate surface area is 350 Å². The predicted octanol–water partition coefficient (Wildman–Crippen LogP) is 9.16. The van der Waals surface area contributed by atoms with Crippen LogP contribution in [-0.2, 0) is 16.1 Å². The highest BCUT2D eigenvalue weighted by Crippen LogP contribution is 2.56. The van der Waals surface area contributed by atoms with Crippen molar-refractivity contribution in [1.82, 2.24) is 0 Å². The van der Waals surface area contributed by atoms with Gasteiger partial charge >= 0.3 is 0 Å². The maximum absolute atomic E-state index is 14.9. The molecule has 0 saturated carbocycles. The number of nitrogens with zero attached hydrogens (tertiary/aromatic N) is 3. The van der Waals surface area contributed by atoms with Crippen molar-refractivity contribution in [3.05, 3.63) is 210 Å². The number of non-ortho nitro benzene ring substituents is 2. The maximum Gasteiger partial charge on any atom is 0.269 e. The molecule has 0 aromatic heterocycles. The van der Waals surface area contributed by atoms with Crippen LogP contribution in [0.15, 0.2) is 156 Å². The monoisotopic (exact) mass is 808 g/mol. The number of hydrogen-bond acceptors (Lipinski definition) is 10. The van der Waals surface area contributed by atoms with Crippen molar-refractivity contribution < 1.29 is 19.7 Å². The Kier molecular flexibility index (Phi) is 6.38. The van der Waals surface area contributed by atoms with Gasteiger partial charge < -0.3 is 21.1 Å². The van der Waals surface area contributed by atoms with Gasteiger partial charge in [-0.25, -0.2) is 4.99 Å². The molecule has 2 spiro atoms. The van der Waals surface area contributed by atoms with Crippen molar-refractivity contribution in [2.24, 2.45) is 4.99 Å². The molecule has 3 aliphatic carbocycles. The average molecular weight is 809 g/mol. The van der Waals surface area contributed by atoms with E-state index in [0.717, 1.165) is 66.3 Å². The summed E-state index contributed by atoms with van der Waals surface area (Å²) in [5.41, 5.74) is 6.56. The number of nitro benzene ring substituents is 2. The molecule has 12 heteroatoms. The van der Waals surface area contributed by atoms with Crippen LogP contribution in [-0.4, -0.2) is 20.7 Å². The summed E-state index contributed by atoms with van der Waals surface area (Å²) in [5, 5.41) is 51.9. The Balaban J connectivity index is 1.06. The number of aliphatic hydroxyl groups is 1. The Hall–Kier alpha value is -8.64. The molecule has 0 amide bonds. The van der Waals surface area contributed by atoms with Crippen molar-refractivity contribution in [2.75, 3.05) is 16.0 Å². The van der Waals surface area contributed by atoms with Crippen LogP contribution >= 0.6 is 0 Å². The summed E-state index contributed by atoms with van der Waals surface area (Å²) >= 11 is 0. The molecule has 13 rings (SSSR count). The topological polar surface area (TPSA) is 172 Å². The van der Waals surface area contributed by atoms with Gasteiger partial charge in [0.25, 0.3) is 11.4 Å². The van der Waals surface area contributed by atoms with E-state index in [9.17, 15) is 30.1 Å². The SMILES string of the molecule is O=C1C(c2ccc3cccc4c3c2NC2(N4)c3ccccc3-c3ccc([N+](=O)[O-])cc32)=C(O)/C1=c1\ccc2cccc3c2c1=NC1(N3)c2ccccc2-c2ccc([N+](=O)[O-])cc21. The molecule has 294 valence electrons. The lowest BCUT2D eigenvalue weighted by Gasteiger charge is -2.41. The number of nitrogens with one attached hydrogen (secondary N) is 3. The summed E-state index contributed by atoms with van der Waals surface area (Å²) in [5.74, 6) is -0.578. The van der Waals surface area contributed by atoms with Crippen LogP contribution in [0.1, 0.15) is 27.8 Å². The summed E-state index contributed by atoms with van der Waals surface area (Å²) in [6, 6.07) is 44.4. The molecule has 2 heterocycles. The summed E-state index contributed by atoms with van der Waals surface area (Å²) in [6.45, 7) is 0. The highest BCUT2D eigenvalue weighted by Gasteiger charge is 2.49. The quantitative estimate of drug-likeness (QED) is 0.100. The number of anilines is 3. The molecule has 2 atom stereocenters. The van der Waals surface area contributed by atoms with E-state index in [1.54, 1.807) is 30.3 Å². The van der Waals surface area contributed by atoms with Gasteiger partial charge in [-0.3, -0.25) is 25.0 Å². The third kappa shape index (κ3) is 4.14. The molecule has 5 aliphatic rings. The van der Waals surface area contributed by atoms with Crippen LogP contribution in [0.3, 0.4) is 0 Å². The van der Waals surface area contributed by atoms with E-state index in [0.29, 0.717) is 33.0 Å². The molecule has 2 aliphatic heterocycles. The Morgan fingerprint density at radius 1 is 0.532 bits per heavy atom. The summed E-state index contributed by atoms with van der Waals surface area (Å²) in [7, 11) is 0. The predicted molar refractivity (Wildman–Crippen MR) is 236 cm³/mol. The summed E-state index contributed by atoms with van der Waals surface area (Å²) in [4.78, 5) is 43.8. The number of hydrogen-bond donors (Lipinski definition) is 4. The molecular formula is C50H28N6O6. The number of aliphatic hydroxyl groups excluding tert-OH is 1. The first kappa shape index (κ1) is 34.2. The molecular weight excluding hydrogens is 781 g/mol. The van der Waals surface area contributed by atoms with Crippen LogP contribution in [0.4, 0.5) is 28.4 Å². The van der Waals surface area contributed by atoms with Crippen LogP contribution in [0.25, 0.3) is 54.9 Å². The molecule has 12 nitrogen and oxygen atoms in total. The van der Waals surface area contributed by atoms with Crippen LogP contribution < -0.4 is 26.5 Å². The number of fused-ring (bicyclic) bond motifs is 10. The molecule has 2 unspecified atom stereocenters. The minimum absolute atomic E-state index is 0.0571. The second kappa shape index (κ2) is 11.5. The van der Waals surface area contributed by atoms with Crippen molar-refractivity contribution in [3.63, 3.8) is 0 Å². The molecule has 0 saturated heterocycles. The molecule has 0 bridgehead atoms. The van der Waals surface area contributed by atoms with Gasteiger partial charge in [-0.05, 0) is 57.3 Å². The summed E-state index contributed by atoms with van der Waals surface area (Å²) in [6.07, 6.45) is 0. The molecule has 8 aromatic carbocycles. The van der Waals surface area contributed by atoms with E-state index in [-0.39, 0.29) is 34.1 Å². The second-order valence-electron chi connectivity index (χ2n) is 16.2. The number of allylic oxidation sites excluding steroid dienone is 2. The van der Waals surface area contributed by atoms with Gasteiger partial charge in [-0.15, -0.1) is 0 Å². The Morgan fingerprint density at radius 2 is 1.11 bits per heavy atom. The van der Waals surface area contributed by atoms with Crippen molar-refractivity contribution in [2.45, 2.75) is 11.3 Å². The number of ketones is 1. The van der Waals surface area contributed by atoms with E-state index in [1.807, 2.05) is 103 Å². The highest BCUT2D eigenvalue weighted by atomic mass is 16.6. The van der Waals surface area contributed by atoms with E-state index in [2.05, 4.69) is 16.0 Å². The van der Waals surface area contributed by atoms with Gasteiger partial charge in [0, 0.05) is 79.4 Å². The third-order valence-electron chi connectivity index (χ3n) is 13.2. The fraction of sp³-hybridized carbons (Fsp3) is 0.0400. The smallest absolute Gasteiger partial charge is 0.269 e. The van der Waals surface area contributed by atoms with Crippen molar-refractivity contribution in [1.29, 1.82) is 0 Å². The first-order chi connectivity index (χ1) is 30.2. The largest absolute Gasteiger partial charge is 0.506 e. The van der Waals surface area contributed by atoms with Crippen molar-refractivity contribution >= 4 is 66.9 Å². The molecule has 4 N–H and O–H groups in total.